The highest BCUT2D eigenvalue weighted by Gasteiger charge is 2.30. The van der Waals surface area contributed by atoms with Crippen LogP contribution >= 0.6 is 0 Å². The van der Waals surface area contributed by atoms with E-state index < -0.39 is 12.1 Å². The second-order valence-corrected chi connectivity index (χ2v) is 3.13. The monoisotopic (exact) mass is 201 g/mol. The van der Waals surface area contributed by atoms with Crippen LogP contribution in [0.5, 0.6) is 0 Å². The fourth-order valence-electron chi connectivity index (χ4n) is 1.40. The molecule has 0 aliphatic carbocycles. The second-order valence-electron chi connectivity index (χ2n) is 3.13. The Kier molecular flexibility index (Phi) is 2.10. The van der Waals surface area contributed by atoms with Gasteiger partial charge in [-0.05, 0) is 17.7 Å². The van der Waals surface area contributed by atoms with E-state index >= 15 is 0 Å². The molecular formula is C10H7N3O2. The molecule has 1 fully saturated rings. The maximum absolute atomic E-state index is 11.3. The number of hydrogen-bond donors (Lipinski definition) is 2. The summed E-state index contributed by atoms with van der Waals surface area (Å²) in [6.45, 7) is 0. The fourth-order valence-corrected chi connectivity index (χ4v) is 1.40. The molecule has 1 aromatic rings. The Morgan fingerprint density at radius 3 is 2.33 bits per heavy atom. The summed E-state index contributed by atoms with van der Waals surface area (Å²) < 4.78 is 0. The summed E-state index contributed by atoms with van der Waals surface area (Å²) in [5, 5.41) is 13.2. The molecule has 1 aromatic carbocycles. The van der Waals surface area contributed by atoms with E-state index in [0.717, 1.165) is 0 Å². The Bertz CT molecular complexity index is 459. The summed E-state index contributed by atoms with van der Waals surface area (Å²) in [5.74, 6) is -0.371. The number of imide groups is 1. The first-order valence-corrected chi connectivity index (χ1v) is 4.32. The zero-order valence-electron chi connectivity index (χ0n) is 7.65. The smallest absolute Gasteiger partial charge is 0.322 e. The van der Waals surface area contributed by atoms with Crippen LogP contribution in [-0.4, -0.2) is 11.9 Å². The van der Waals surface area contributed by atoms with Gasteiger partial charge in [-0.25, -0.2) is 4.79 Å². The molecule has 2 rings (SSSR count). The first-order chi connectivity index (χ1) is 7.20. The normalized spacial score (nSPS) is 19.3. The minimum Gasteiger partial charge on any atom is -0.322 e. The van der Waals surface area contributed by atoms with E-state index in [1.54, 1.807) is 24.3 Å². The molecule has 5 nitrogen and oxygen atoms in total. The molecular weight excluding hydrogens is 194 g/mol. The lowest BCUT2D eigenvalue weighted by Gasteiger charge is -2.06. The fraction of sp³-hybridized carbons (Fsp3) is 0.100. The topological polar surface area (TPSA) is 82.0 Å². The molecule has 1 aliphatic rings. The van der Waals surface area contributed by atoms with Gasteiger partial charge in [0, 0.05) is 0 Å². The summed E-state index contributed by atoms with van der Waals surface area (Å²) in [6.07, 6.45) is 0. The SMILES string of the molecule is N#Cc1ccc([C@@H]2NC(=O)NC2=O)cc1. The molecule has 2 N–H and O–H groups in total. The number of benzene rings is 1. The van der Waals surface area contributed by atoms with Crippen LogP contribution in [0.3, 0.4) is 0 Å². The predicted molar refractivity (Wildman–Crippen MR) is 50.6 cm³/mol. The maximum Gasteiger partial charge on any atom is 0.322 e. The molecule has 5 heteroatoms. The largest absolute Gasteiger partial charge is 0.322 e. The van der Waals surface area contributed by atoms with E-state index in [4.69, 9.17) is 5.26 Å². The summed E-state index contributed by atoms with van der Waals surface area (Å²) in [4.78, 5) is 22.1. The van der Waals surface area contributed by atoms with E-state index in [-0.39, 0.29) is 5.91 Å². The highest BCUT2D eigenvalue weighted by atomic mass is 16.2. The Balaban J connectivity index is 2.27. The number of amides is 3. The molecule has 1 heterocycles. The average Bonchev–Trinajstić information content (AvgIpc) is 2.58. The van der Waals surface area contributed by atoms with Gasteiger partial charge in [0.2, 0.25) is 0 Å². The summed E-state index contributed by atoms with van der Waals surface area (Å²) in [7, 11) is 0. The van der Waals surface area contributed by atoms with Crippen molar-refractivity contribution in [3.8, 4) is 6.07 Å². The van der Waals surface area contributed by atoms with Crippen LogP contribution < -0.4 is 10.6 Å². The van der Waals surface area contributed by atoms with Gasteiger partial charge in [-0.1, -0.05) is 12.1 Å². The number of urea groups is 1. The van der Waals surface area contributed by atoms with Crippen LogP contribution in [0.4, 0.5) is 4.79 Å². The highest BCUT2D eigenvalue weighted by Crippen LogP contribution is 2.16. The van der Waals surface area contributed by atoms with Crippen molar-refractivity contribution in [2.75, 3.05) is 0 Å². The second kappa shape index (κ2) is 3.42. The molecule has 3 amide bonds. The third kappa shape index (κ3) is 1.65. The molecule has 74 valence electrons. The Labute approximate surface area is 85.7 Å². The summed E-state index contributed by atoms with van der Waals surface area (Å²) in [5.41, 5.74) is 1.18. The zero-order valence-corrected chi connectivity index (χ0v) is 7.65. The maximum atomic E-state index is 11.3. The lowest BCUT2D eigenvalue weighted by molar-refractivity contribution is -0.120. The van der Waals surface area contributed by atoms with Gasteiger partial charge in [0.15, 0.2) is 0 Å². The molecule has 1 saturated heterocycles. The van der Waals surface area contributed by atoms with Crippen molar-refractivity contribution in [2.45, 2.75) is 6.04 Å². The van der Waals surface area contributed by atoms with Crippen LogP contribution in [0.1, 0.15) is 17.2 Å². The van der Waals surface area contributed by atoms with Crippen molar-refractivity contribution in [2.24, 2.45) is 0 Å². The third-order valence-corrected chi connectivity index (χ3v) is 2.15. The van der Waals surface area contributed by atoms with Crippen LogP contribution in [-0.2, 0) is 4.79 Å². The first-order valence-electron chi connectivity index (χ1n) is 4.32. The van der Waals surface area contributed by atoms with Crippen molar-refractivity contribution >= 4 is 11.9 Å². The minimum atomic E-state index is -0.648. The van der Waals surface area contributed by atoms with Crippen molar-refractivity contribution in [1.29, 1.82) is 5.26 Å². The predicted octanol–water partition coefficient (Wildman–Crippen LogP) is 0.439. The Hall–Kier alpha value is -2.35. The number of carbonyl (C=O) groups is 2. The molecule has 0 unspecified atom stereocenters. The van der Waals surface area contributed by atoms with E-state index in [1.807, 2.05) is 6.07 Å². The highest BCUT2D eigenvalue weighted by molar-refractivity contribution is 6.04. The van der Waals surface area contributed by atoms with Crippen LogP contribution in [0.2, 0.25) is 0 Å². The van der Waals surface area contributed by atoms with Gasteiger partial charge in [0.25, 0.3) is 5.91 Å². The number of rotatable bonds is 1. The van der Waals surface area contributed by atoms with E-state index in [2.05, 4.69) is 10.6 Å². The standard InChI is InChI=1S/C10H7N3O2/c11-5-6-1-3-7(4-2-6)8-9(14)13-10(15)12-8/h1-4,8H,(H2,12,13,14,15)/t8-/m0/s1. The van der Waals surface area contributed by atoms with Crippen LogP contribution in [0, 0.1) is 11.3 Å². The van der Waals surface area contributed by atoms with Crippen LogP contribution in [0.15, 0.2) is 24.3 Å². The van der Waals surface area contributed by atoms with Crippen LogP contribution in [0.25, 0.3) is 0 Å². The zero-order chi connectivity index (χ0) is 10.8. The lowest BCUT2D eigenvalue weighted by atomic mass is 10.1. The molecule has 0 saturated carbocycles. The molecule has 15 heavy (non-hydrogen) atoms. The van der Waals surface area contributed by atoms with E-state index in [0.29, 0.717) is 11.1 Å². The van der Waals surface area contributed by atoms with Gasteiger partial charge in [0.1, 0.15) is 6.04 Å². The van der Waals surface area contributed by atoms with Gasteiger partial charge in [-0.3, -0.25) is 10.1 Å². The summed E-state index contributed by atoms with van der Waals surface area (Å²) in [6, 6.07) is 7.34. The van der Waals surface area contributed by atoms with Crippen molar-refractivity contribution in [1.82, 2.24) is 10.6 Å². The molecule has 1 atom stereocenters. The Morgan fingerprint density at radius 1 is 1.20 bits per heavy atom. The summed E-state index contributed by atoms with van der Waals surface area (Å²) >= 11 is 0. The molecule has 0 radical (unpaired) electrons. The van der Waals surface area contributed by atoms with Crippen molar-refractivity contribution in [3.05, 3.63) is 35.4 Å². The van der Waals surface area contributed by atoms with Gasteiger partial charge < -0.3 is 5.32 Å². The van der Waals surface area contributed by atoms with E-state index in [1.165, 1.54) is 0 Å². The number of hydrogen-bond acceptors (Lipinski definition) is 3. The first kappa shape index (κ1) is 9.21. The van der Waals surface area contributed by atoms with Gasteiger partial charge in [-0.15, -0.1) is 0 Å². The number of nitrogens with one attached hydrogen (secondary N) is 2. The average molecular weight is 201 g/mol. The van der Waals surface area contributed by atoms with Gasteiger partial charge in [0.05, 0.1) is 11.6 Å². The lowest BCUT2D eigenvalue weighted by Crippen LogP contribution is -2.22. The number of nitrogens with zero attached hydrogens (tertiary/aromatic N) is 1. The quantitative estimate of drug-likeness (QED) is 0.647. The molecule has 0 spiro atoms. The van der Waals surface area contributed by atoms with Gasteiger partial charge >= 0.3 is 6.03 Å². The van der Waals surface area contributed by atoms with E-state index in [9.17, 15) is 9.59 Å². The van der Waals surface area contributed by atoms with Gasteiger partial charge in [-0.2, -0.15) is 5.26 Å². The minimum absolute atomic E-state index is 0.371. The molecule has 1 aliphatic heterocycles. The molecule has 0 bridgehead atoms. The molecule has 0 aromatic heterocycles. The number of nitriles is 1. The van der Waals surface area contributed by atoms with Crippen molar-refractivity contribution < 1.29 is 9.59 Å². The number of carbonyl (C=O) groups excluding carboxylic acids is 2. The third-order valence-electron chi connectivity index (χ3n) is 2.15. The Morgan fingerprint density at radius 2 is 1.87 bits per heavy atom. The van der Waals surface area contributed by atoms with Crippen molar-refractivity contribution in [3.63, 3.8) is 0 Å².